The maximum absolute atomic E-state index is 11.9. The molecule has 0 saturated carbocycles. The Labute approximate surface area is 164 Å². The molecule has 2 N–H and O–H groups in total. The van der Waals surface area contributed by atoms with Gasteiger partial charge in [-0.05, 0) is 60.5 Å². The Hall–Kier alpha value is -3.35. The van der Waals surface area contributed by atoms with E-state index in [1.165, 1.54) is 0 Å². The zero-order valence-electron chi connectivity index (χ0n) is 16.1. The van der Waals surface area contributed by atoms with E-state index in [1.807, 2.05) is 31.2 Å². The van der Waals surface area contributed by atoms with Crippen LogP contribution in [0.4, 0.5) is 5.69 Å². The summed E-state index contributed by atoms with van der Waals surface area (Å²) in [6.07, 6.45) is 2.60. The van der Waals surface area contributed by atoms with Gasteiger partial charge in [-0.1, -0.05) is 6.92 Å². The number of hydrogen-bond acceptors (Lipinski definition) is 5. The molecule has 7 nitrogen and oxygen atoms in total. The molecular weight excluding hydrogens is 358 g/mol. The van der Waals surface area contributed by atoms with Crippen molar-refractivity contribution in [3.05, 3.63) is 54.1 Å². The third kappa shape index (κ3) is 7.49. The number of rotatable bonds is 10. The Morgan fingerprint density at radius 2 is 1.61 bits per heavy atom. The van der Waals surface area contributed by atoms with Gasteiger partial charge >= 0.3 is 0 Å². The number of carbonyl (C=O) groups is 2. The quantitative estimate of drug-likeness (QED) is 0.486. The number of methoxy groups -OCH3 is 1. The van der Waals surface area contributed by atoms with Gasteiger partial charge < -0.3 is 14.8 Å². The fourth-order valence-corrected chi connectivity index (χ4v) is 2.23. The first-order valence-corrected chi connectivity index (χ1v) is 9.09. The zero-order chi connectivity index (χ0) is 20.2. The van der Waals surface area contributed by atoms with Gasteiger partial charge in [-0.25, -0.2) is 5.43 Å². The first kappa shape index (κ1) is 21.0. The van der Waals surface area contributed by atoms with Crippen molar-refractivity contribution in [1.29, 1.82) is 0 Å². The van der Waals surface area contributed by atoms with E-state index in [1.54, 1.807) is 37.6 Å². The van der Waals surface area contributed by atoms with Crippen LogP contribution in [0.1, 0.15) is 31.7 Å². The lowest BCUT2D eigenvalue weighted by Crippen LogP contribution is -2.20. The van der Waals surface area contributed by atoms with Crippen molar-refractivity contribution in [3.8, 4) is 11.5 Å². The van der Waals surface area contributed by atoms with Crippen LogP contribution < -0.4 is 20.2 Å². The predicted octanol–water partition coefficient (Wildman–Crippen LogP) is 3.35. The fourth-order valence-electron chi connectivity index (χ4n) is 2.23. The molecule has 7 heteroatoms. The van der Waals surface area contributed by atoms with E-state index in [2.05, 4.69) is 15.8 Å². The summed E-state index contributed by atoms with van der Waals surface area (Å²) in [4.78, 5) is 23.7. The molecule has 0 heterocycles. The van der Waals surface area contributed by atoms with Crippen molar-refractivity contribution in [2.24, 2.45) is 5.10 Å². The molecule has 2 amide bonds. The van der Waals surface area contributed by atoms with E-state index >= 15 is 0 Å². The second kappa shape index (κ2) is 11.4. The number of hydrazone groups is 1. The number of nitrogens with one attached hydrogen (secondary N) is 2. The Balaban J connectivity index is 1.69. The van der Waals surface area contributed by atoms with Gasteiger partial charge in [0.25, 0.3) is 0 Å². The number of carbonyl (C=O) groups excluding carboxylic acids is 2. The van der Waals surface area contributed by atoms with Crippen molar-refractivity contribution < 1.29 is 19.1 Å². The maximum atomic E-state index is 11.9. The summed E-state index contributed by atoms with van der Waals surface area (Å²) in [6.45, 7) is 2.72. The molecule has 148 valence electrons. The SMILES string of the molecule is CCCOc1ccc(C=NNC(=O)CCC(=O)Nc2ccc(OC)cc2)cc1. The Kier molecular flexibility index (Phi) is 8.52. The summed E-state index contributed by atoms with van der Waals surface area (Å²) < 4.78 is 10.6. The van der Waals surface area contributed by atoms with Crippen molar-refractivity contribution in [1.82, 2.24) is 5.43 Å². The number of ether oxygens (including phenoxy) is 2. The highest BCUT2D eigenvalue weighted by molar-refractivity contribution is 5.93. The molecule has 0 aromatic heterocycles. The Morgan fingerprint density at radius 1 is 0.964 bits per heavy atom. The van der Waals surface area contributed by atoms with Crippen LogP contribution in [0.25, 0.3) is 0 Å². The van der Waals surface area contributed by atoms with Crippen LogP contribution in [-0.2, 0) is 9.59 Å². The van der Waals surface area contributed by atoms with Crippen molar-refractivity contribution in [3.63, 3.8) is 0 Å². The number of amides is 2. The first-order chi connectivity index (χ1) is 13.6. The van der Waals surface area contributed by atoms with Gasteiger partial charge in [0.2, 0.25) is 11.8 Å². The van der Waals surface area contributed by atoms with Crippen molar-refractivity contribution >= 4 is 23.7 Å². The minimum Gasteiger partial charge on any atom is -0.497 e. The Morgan fingerprint density at radius 3 is 2.25 bits per heavy atom. The van der Waals surface area contributed by atoms with Gasteiger partial charge in [0.15, 0.2) is 0 Å². The summed E-state index contributed by atoms with van der Waals surface area (Å²) in [5.74, 6) is 0.931. The van der Waals surface area contributed by atoms with E-state index in [-0.39, 0.29) is 24.7 Å². The van der Waals surface area contributed by atoms with Crippen LogP contribution in [-0.4, -0.2) is 31.7 Å². The monoisotopic (exact) mass is 383 g/mol. The largest absolute Gasteiger partial charge is 0.497 e. The van der Waals surface area contributed by atoms with Gasteiger partial charge in [-0.15, -0.1) is 0 Å². The first-order valence-electron chi connectivity index (χ1n) is 9.09. The van der Waals surface area contributed by atoms with E-state index < -0.39 is 0 Å². The van der Waals surface area contributed by atoms with E-state index in [0.29, 0.717) is 18.0 Å². The van der Waals surface area contributed by atoms with Gasteiger partial charge in [0.1, 0.15) is 11.5 Å². The molecule has 0 bridgehead atoms. The van der Waals surface area contributed by atoms with Gasteiger partial charge in [0.05, 0.1) is 19.9 Å². The Bertz CT molecular complexity index is 786. The molecule has 0 radical (unpaired) electrons. The van der Waals surface area contributed by atoms with Crippen LogP contribution in [0.15, 0.2) is 53.6 Å². The number of hydrogen-bond donors (Lipinski definition) is 2. The molecule has 2 rings (SSSR count). The fraction of sp³-hybridized carbons (Fsp3) is 0.286. The van der Waals surface area contributed by atoms with Gasteiger partial charge in [-0.3, -0.25) is 9.59 Å². The maximum Gasteiger partial charge on any atom is 0.240 e. The lowest BCUT2D eigenvalue weighted by Gasteiger charge is -2.06. The third-order valence-corrected chi connectivity index (χ3v) is 3.71. The lowest BCUT2D eigenvalue weighted by atomic mass is 10.2. The zero-order valence-corrected chi connectivity index (χ0v) is 16.1. The number of anilines is 1. The molecule has 28 heavy (non-hydrogen) atoms. The van der Waals surface area contributed by atoms with E-state index in [0.717, 1.165) is 17.7 Å². The van der Waals surface area contributed by atoms with Crippen LogP contribution in [0, 0.1) is 0 Å². The molecular formula is C21H25N3O4. The summed E-state index contributed by atoms with van der Waals surface area (Å²) in [7, 11) is 1.58. The summed E-state index contributed by atoms with van der Waals surface area (Å²) in [6, 6.07) is 14.4. The molecule has 0 unspecified atom stereocenters. The standard InChI is InChI=1S/C21H25N3O4/c1-3-14-28-19-8-4-16(5-9-19)15-22-24-21(26)13-12-20(25)23-17-6-10-18(27-2)11-7-17/h4-11,15H,3,12-14H2,1-2H3,(H,23,25)(H,24,26). The molecule has 0 aliphatic heterocycles. The van der Waals surface area contributed by atoms with Crippen LogP contribution >= 0.6 is 0 Å². The molecule has 2 aromatic rings. The number of benzene rings is 2. The van der Waals surface area contributed by atoms with Crippen LogP contribution in [0.2, 0.25) is 0 Å². The second-order valence-corrected chi connectivity index (χ2v) is 5.99. The van der Waals surface area contributed by atoms with Crippen molar-refractivity contribution in [2.45, 2.75) is 26.2 Å². The predicted molar refractivity (Wildman–Crippen MR) is 109 cm³/mol. The number of nitrogens with zero attached hydrogens (tertiary/aromatic N) is 1. The van der Waals surface area contributed by atoms with E-state index in [4.69, 9.17) is 9.47 Å². The highest BCUT2D eigenvalue weighted by atomic mass is 16.5. The normalized spacial score (nSPS) is 10.5. The molecule has 0 aliphatic carbocycles. The molecule has 0 atom stereocenters. The van der Waals surface area contributed by atoms with E-state index in [9.17, 15) is 9.59 Å². The van der Waals surface area contributed by atoms with Crippen molar-refractivity contribution in [2.75, 3.05) is 19.0 Å². The van der Waals surface area contributed by atoms with Gasteiger partial charge in [0, 0.05) is 18.5 Å². The highest BCUT2D eigenvalue weighted by Crippen LogP contribution is 2.15. The molecule has 2 aromatic carbocycles. The summed E-state index contributed by atoms with van der Waals surface area (Å²) in [5.41, 5.74) is 3.90. The minimum absolute atomic E-state index is 0.0448. The minimum atomic E-state index is -0.330. The summed E-state index contributed by atoms with van der Waals surface area (Å²) in [5, 5.41) is 6.63. The third-order valence-electron chi connectivity index (χ3n) is 3.71. The average Bonchev–Trinajstić information content (AvgIpc) is 2.72. The van der Waals surface area contributed by atoms with Crippen LogP contribution in [0.3, 0.4) is 0 Å². The molecule has 0 fully saturated rings. The molecule has 0 saturated heterocycles. The smallest absolute Gasteiger partial charge is 0.240 e. The molecule has 0 spiro atoms. The average molecular weight is 383 g/mol. The second-order valence-electron chi connectivity index (χ2n) is 5.99. The summed E-state index contributed by atoms with van der Waals surface area (Å²) >= 11 is 0. The molecule has 0 aliphatic rings. The van der Waals surface area contributed by atoms with Gasteiger partial charge in [-0.2, -0.15) is 5.10 Å². The lowest BCUT2D eigenvalue weighted by molar-refractivity contribution is -0.124. The van der Waals surface area contributed by atoms with Crippen LogP contribution in [0.5, 0.6) is 11.5 Å². The topological polar surface area (TPSA) is 89.0 Å². The highest BCUT2D eigenvalue weighted by Gasteiger charge is 2.07.